The Bertz CT molecular complexity index is 638. The van der Waals surface area contributed by atoms with Crippen molar-refractivity contribution in [3.05, 3.63) is 48.0 Å². The number of nitrogens with zero attached hydrogens (tertiary/aromatic N) is 1. The maximum absolute atomic E-state index is 12.2. The number of rotatable bonds is 6. The second-order valence-corrected chi connectivity index (χ2v) is 6.07. The van der Waals surface area contributed by atoms with Crippen LogP contribution in [0.1, 0.15) is 36.0 Å². The Kier molecular flexibility index (Phi) is 6.87. The topological polar surface area (TPSA) is 32.3 Å². The summed E-state index contributed by atoms with van der Waals surface area (Å²) in [5.74, 6) is 0.0342. The molecular weight excluding hydrogens is 308 g/mol. The number of carbonyl (C=O) groups is 1. The highest BCUT2D eigenvalue weighted by atomic mass is 35.5. The van der Waals surface area contributed by atoms with Gasteiger partial charge in [0.2, 0.25) is 0 Å². The van der Waals surface area contributed by atoms with Crippen molar-refractivity contribution in [2.45, 2.75) is 25.7 Å². The molecule has 23 heavy (non-hydrogen) atoms. The van der Waals surface area contributed by atoms with Crippen LogP contribution in [-0.4, -0.2) is 37.0 Å². The van der Waals surface area contributed by atoms with Crippen molar-refractivity contribution in [3.63, 3.8) is 0 Å². The van der Waals surface area contributed by atoms with Crippen LogP contribution in [0.4, 0.5) is 0 Å². The average Bonchev–Trinajstić information content (AvgIpc) is 3.07. The molecule has 0 atom stereocenters. The van der Waals surface area contributed by atoms with E-state index in [1.54, 1.807) is 0 Å². The maximum atomic E-state index is 12.2. The third kappa shape index (κ3) is 4.95. The summed E-state index contributed by atoms with van der Waals surface area (Å²) in [6.45, 7) is 4.44. The molecule has 0 bridgehead atoms. The summed E-state index contributed by atoms with van der Waals surface area (Å²) >= 11 is 0. The van der Waals surface area contributed by atoms with Crippen LogP contribution in [-0.2, 0) is 0 Å². The number of carbonyl (C=O) groups excluding carboxylic acids is 1. The van der Waals surface area contributed by atoms with Crippen LogP contribution in [0.25, 0.3) is 10.8 Å². The standard InChI is InChI=1S/C19H24N2O.ClH/c22-19(20-11-3-4-12-21-13-5-6-14-21)18-10-9-16-7-1-2-8-17(16)15-18;/h1-2,7-10,15H,3-6,11-14H2,(H,20,22);1H. The van der Waals surface area contributed by atoms with Crippen LogP contribution in [0.2, 0.25) is 0 Å². The van der Waals surface area contributed by atoms with E-state index in [9.17, 15) is 4.79 Å². The van der Waals surface area contributed by atoms with Crippen molar-refractivity contribution in [2.75, 3.05) is 26.2 Å². The van der Waals surface area contributed by atoms with Gasteiger partial charge in [-0.15, -0.1) is 12.4 Å². The number of hydrogen-bond donors (Lipinski definition) is 1. The predicted octanol–water partition coefficient (Wildman–Crippen LogP) is 3.87. The molecule has 1 aliphatic heterocycles. The van der Waals surface area contributed by atoms with Gasteiger partial charge in [-0.3, -0.25) is 4.79 Å². The lowest BCUT2D eigenvalue weighted by Crippen LogP contribution is -2.26. The molecule has 0 unspecified atom stereocenters. The zero-order chi connectivity index (χ0) is 15.2. The highest BCUT2D eigenvalue weighted by Gasteiger charge is 2.10. The number of likely N-dealkylation sites (tertiary alicyclic amines) is 1. The number of amides is 1. The third-order valence-electron chi connectivity index (χ3n) is 4.40. The fourth-order valence-electron chi connectivity index (χ4n) is 3.10. The molecule has 1 fully saturated rings. The average molecular weight is 333 g/mol. The van der Waals surface area contributed by atoms with Gasteiger partial charge in [-0.2, -0.15) is 0 Å². The second-order valence-electron chi connectivity index (χ2n) is 6.07. The van der Waals surface area contributed by atoms with Gasteiger partial charge < -0.3 is 10.2 Å². The van der Waals surface area contributed by atoms with E-state index in [0.29, 0.717) is 0 Å². The van der Waals surface area contributed by atoms with Crippen LogP contribution in [0.15, 0.2) is 42.5 Å². The second kappa shape index (κ2) is 8.90. The van der Waals surface area contributed by atoms with Gasteiger partial charge in [-0.05, 0) is 68.2 Å². The molecule has 1 aliphatic rings. The fourth-order valence-corrected chi connectivity index (χ4v) is 3.10. The minimum Gasteiger partial charge on any atom is -0.352 e. The Morgan fingerprint density at radius 3 is 2.52 bits per heavy atom. The summed E-state index contributed by atoms with van der Waals surface area (Å²) in [4.78, 5) is 14.7. The molecule has 2 aromatic rings. The number of unbranched alkanes of at least 4 members (excludes halogenated alkanes) is 1. The molecule has 0 spiro atoms. The molecule has 0 aliphatic carbocycles. The van der Waals surface area contributed by atoms with Crippen LogP contribution >= 0.6 is 12.4 Å². The van der Waals surface area contributed by atoms with E-state index < -0.39 is 0 Å². The number of halogens is 1. The van der Waals surface area contributed by atoms with Crippen molar-refractivity contribution >= 4 is 29.1 Å². The van der Waals surface area contributed by atoms with Gasteiger partial charge in [-0.1, -0.05) is 30.3 Å². The highest BCUT2D eigenvalue weighted by molar-refractivity contribution is 5.98. The lowest BCUT2D eigenvalue weighted by molar-refractivity contribution is 0.0953. The van der Waals surface area contributed by atoms with E-state index in [-0.39, 0.29) is 18.3 Å². The van der Waals surface area contributed by atoms with Gasteiger partial charge >= 0.3 is 0 Å². The molecule has 124 valence electrons. The molecular formula is C19H25ClN2O. The van der Waals surface area contributed by atoms with Crippen molar-refractivity contribution in [3.8, 4) is 0 Å². The summed E-state index contributed by atoms with van der Waals surface area (Å²) in [5.41, 5.74) is 0.748. The summed E-state index contributed by atoms with van der Waals surface area (Å²) in [5, 5.41) is 5.32. The molecule has 1 N–H and O–H groups in total. The van der Waals surface area contributed by atoms with Gasteiger partial charge in [0.15, 0.2) is 0 Å². The summed E-state index contributed by atoms with van der Waals surface area (Å²) in [7, 11) is 0. The van der Waals surface area contributed by atoms with Crippen molar-refractivity contribution in [2.24, 2.45) is 0 Å². The van der Waals surface area contributed by atoms with Crippen LogP contribution in [0, 0.1) is 0 Å². The Hall–Kier alpha value is -1.58. The van der Waals surface area contributed by atoms with Crippen LogP contribution in [0.5, 0.6) is 0 Å². The first kappa shape index (κ1) is 17.8. The van der Waals surface area contributed by atoms with Crippen molar-refractivity contribution < 1.29 is 4.79 Å². The minimum absolute atomic E-state index is 0. The number of benzene rings is 2. The number of hydrogen-bond acceptors (Lipinski definition) is 2. The van der Waals surface area contributed by atoms with Gasteiger partial charge in [-0.25, -0.2) is 0 Å². The monoisotopic (exact) mass is 332 g/mol. The minimum atomic E-state index is 0. The molecule has 0 radical (unpaired) electrons. The molecule has 3 rings (SSSR count). The van der Waals surface area contributed by atoms with Gasteiger partial charge in [0.1, 0.15) is 0 Å². The first-order valence-corrected chi connectivity index (χ1v) is 8.32. The summed E-state index contributed by atoms with van der Waals surface area (Å²) in [6, 6.07) is 14.0. The maximum Gasteiger partial charge on any atom is 0.251 e. The van der Waals surface area contributed by atoms with E-state index in [4.69, 9.17) is 0 Å². The molecule has 2 aromatic carbocycles. The highest BCUT2D eigenvalue weighted by Crippen LogP contribution is 2.15. The quantitative estimate of drug-likeness (QED) is 0.814. The van der Waals surface area contributed by atoms with E-state index in [1.807, 2.05) is 36.4 Å². The zero-order valence-electron chi connectivity index (χ0n) is 13.5. The predicted molar refractivity (Wildman–Crippen MR) is 98.4 cm³/mol. The largest absolute Gasteiger partial charge is 0.352 e. The molecule has 3 nitrogen and oxygen atoms in total. The molecule has 1 saturated heterocycles. The van der Waals surface area contributed by atoms with Crippen LogP contribution in [0.3, 0.4) is 0 Å². The fraction of sp³-hybridized carbons (Fsp3) is 0.421. The normalized spacial score (nSPS) is 14.6. The Balaban J connectivity index is 0.00000192. The number of fused-ring (bicyclic) bond motifs is 1. The van der Waals surface area contributed by atoms with E-state index in [0.717, 1.165) is 30.3 Å². The van der Waals surface area contributed by atoms with Gasteiger partial charge in [0.05, 0.1) is 0 Å². The third-order valence-corrected chi connectivity index (χ3v) is 4.40. The molecule has 1 heterocycles. The SMILES string of the molecule is Cl.O=C(NCCCCN1CCCC1)c1ccc2ccccc2c1. The lowest BCUT2D eigenvalue weighted by atomic mass is 10.1. The molecule has 0 saturated carbocycles. The molecule has 1 amide bonds. The van der Waals surface area contributed by atoms with E-state index in [2.05, 4.69) is 16.3 Å². The summed E-state index contributed by atoms with van der Waals surface area (Å²) < 4.78 is 0. The first-order valence-electron chi connectivity index (χ1n) is 8.32. The van der Waals surface area contributed by atoms with Gasteiger partial charge in [0.25, 0.3) is 5.91 Å². The first-order chi connectivity index (χ1) is 10.8. The van der Waals surface area contributed by atoms with Crippen molar-refractivity contribution in [1.29, 1.82) is 0 Å². The van der Waals surface area contributed by atoms with E-state index in [1.165, 1.54) is 37.9 Å². The lowest BCUT2D eigenvalue weighted by Gasteiger charge is -2.14. The number of nitrogens with one attached hydrogen (secondary N) is 1. The van der Waals surface area contributed by atoms with E-state index >= 15 is 0 Å². The Morgan fingerprint density at radius 2 is 1.74 bits per heavy atom. The molecule has 0 aromatic heterocycles. The van der Waals surface area contributed by atoms with Crippen molar-refractivity contribution in [1.82, 2.24) is 10.2 Å². The smallest absolute Gasteiger partial charge is 0.251 e. The Labute approximate surface area is 144 Å². The summed E-state index contributed by atoms with van der Waals surface area (Å²) in [6.07, 6.45) is 4.91. The van der Waals surface area contributed by atoms with Gasteiger partial charge in [0, 0.05) is 12.1 Å². The molecule has 4 heteroatoms. The zero-order valence-corrected chi connectivity index (χ0v) is 14.3. The Morgan fingerprint density at radius 1 is 1.00 bits per heavy atom. The van der Waals surface area contributed by atoms with Crippen LogP contribution < -0.4 is 5.32 Å².